The van der Waals surface area contributed by atoms with Gasteiger partial charge in [-0.2, -0.15) is 0 Å². The number of hydrogen-bond donors (Lipinski definition) is 1. The van der Waals surface area contributed by atoms with Gasteiger partial charge in [-0.15, -0.1) is 21.5 Å². The van der Waals surface area contributed by atoms with E-state index in [1.54, 1.807) is 6.33 Å². The molecule has 4 heterocycles. The number of nitrogens with zero attached hydrogens (tertiary/aromatic N) is 4. The minimum Gasteiger partial charge on any atom is -0.308 e. The van der Waals surface area contributed by atoms with Crippen molar-refractivity contribution < 1.29 is 4.79 Å². The van der Waals surface area contributed by atoms with E-state index in [0.29, 0.717) is 11.6 Å². The maximum Gasteiger partial charge on any atom is 0.234 e. The maximum atomic E-state index is 13.7. The van der Waals surface area contributed by atoms with E-state index in [9.17, 15) is 4.79 Å². The van der Waals surface area contributed by atoms with E-state index in [0.717, 1.165) is 17.9 Å². The summed E-state index contributed by atoms with van der Waals surface area (Å²) in [4.78, 5) is 18.4. The molecule has 2 aliphatic heterocycles. The zero-order chi connectivity index (χ0) is 21.9. The summed E-state index contributed by atoms with van der Waals surface area (Å²) >= 11 is 1.48. The number of thiazole rings is 1. The van der Waals surface area contributed by atoms with E-state index in [1.807, 2.05) is 29.6 Å². The summed E-state index contributed by atoms with van der Waals surface area (Å²) in [6.45, 7) is 4.23. The SMILES string of the molecule is CC12CC(C)(C(=O)Nc3nc(Cc4ccccc4)cs3)C(c3ccccc31)n1cnnc12. The van der Waals surface area contributed by atoms with Gasteiger partial charge in [0.25, 0.3) is 0 Å². The van der Waals surface area contributed by atoms with Gasteiger partial charge in [-0.05, 0) is 37.0 Å². The summed E-state index contributed by atoms with van der Waals surface area (Å²) in [6.07, 6.45) is 3.19. The fourth-order valence-corrected chi connectivity index (χ4v) is 6.39. The van der Waals surface area contributed by atoms with Crippen LogP contribution in [0.5, 0.6) is 0 Å². The zero-order valence-electron chi connectivity index (χ0n) is 17.9. The fraction of sp³-hybridized carbons (Fsp3) is 0.280. The molecule has 1 aliphatic carbocycles. The minimum atomic E-state index is -0.649. The maximum absolute atomic E-state index is 13.7. The van der Waals surface area contributed by atoms with Crippen LogP contribution in [-0.4, -0.2) is 25.7 Å². The third kappa shape index (κ3) is 2.70. The number of amides is 1. The van der Waals surface area contributed by atoms with Crippen LogP contribution in [0.2, 0.25) is 0 Å². The van der Waals surface area contributed by atoms with Gasteiger partial charge in [0.2, 0.25) is 5.91 Å². The lowest BCUT2D eigenvalue weighted by Crippen LogP contribution is -2.55. The summed E-state index contributed by atoms with van der Waals surface area (Å²) in [5.74, 6) is 0.925. The number of fused-ring (bicyclic) bond motifs is 1. The van der Waals surface area contributed by atoms with Crippen LogP contribution in [0.25, 0.3) is 0 Å². The fourth-order valence-electron chi connectivity index (χ4n) is 5.69. The molecule has 0 fully saturated rings. The molecule has 3 unspecified atom stereocenters. The van der Waals surface area contributed by atoms with Gasteiger partial charge >= 0.3 is 0 Å². The molecule has 0 saturated heterocycles. The molecule has 0 spiro atoms. The van der Waals surface area contributed by atoms with E-state index in [2.05, 4.69) is 69.2 Å². The number of carbonyl (C=O) groups is 1. The van der Waals surface area contributed by atoms with Gasteiger partial charge in [-0.3, -0.25) is 4.79 Å². The molecule has 3 aliphatic rings. The highest BCUT2D eigenvalue weighted by atomic mass is 32.1. The standard InChI is InChI=1S/C25H23N5OS/c1-24-14-25(2,20(30-15-26-29-21(24)30)18-10-6-7-11-19(18)24)22(31)28-23-27-17(13-32-23)12-16-8-4-3-5-9-16/h3-11,13,15,20H,12,14H2,1-2H3,(H,27,28,31). The van der Waals surface area contributed by atoms with Gasteiger partial charge in [0, 0.05) is 11.8 Å². The minimum absolute atomic E-state index is 0.0109. The Labute approximate surface area is 190 Å². The van der Waals surface area contributed by atoms with Crippen molar-refractivity contribution in [3.63, 3.8) is 0 Å². The number of benzene rings is 2. The zero-order valence-corrected chi connectivity index (χ0v) is 18.8. The van der Waals surface area contributed by atoms with Crippen molar-refractivity contribution in [1.82, 2.24) is 19.7 Å². The second kappa shape index (κ2) is 6.84. The summed E-state index contributed by atoms with van der Waals surface area (Å²) in [7, 11) is 0. The number of carbonyl (C=O) groups excluding carboxylic acids is 1. The lowest BCUT2D eigenvalue weighted by Gasteiger charge is -2.54. The Hall–Kier alpha value is -3.32. The average molecular weight is 442 g/mol. The smallest absolute Gasteiger partial charge is 0.234 e. The Morgan fingerprint density at radius 1 is 1.16 bits per heavy atom. The molecule has 0 radical (unpaired) electrons. The molecular weight excluding hydrogens is 418 g/mol. The number of anilines is 1. The molecule has 2 bridgehead atoms. The van der Waals surface area contributed by atoms with Crippen LogP contribution in [0.4, 0.5) is 5.13 Å². The predicted octanol–water partition coefficient (Wildman–Crippen LogP) is 4.58. The predicted molar refractivity (Wildman–Crippen MR) is 124 cm³/mol. The van der Waals surface area contributed by atoms with Crippen LogP contribution >= 0.6 is 11.3 Å². The van der Waals surface area contributed by atoms with E-state index in [1.165, 1.54) is 28.0 Å². The van der Waals surface area contributed by atoms with Crippen LogP contribution < -0.4 is 5.32 Å². The summed E-state index contributed by atoms with van der Waals surface area (Å²) < 4.78 is 2.09. The van der Waals surface area contributed by atoms with Crippen molar-refractivity contribution in [2.24, 2.45) is 5.41 Å². The van der Waals surface area contributed by atoms with E-state index < -0.39 is 5.41 Å². The first-order valence-electron chi connectivity index (χ1n) is 10.8. The van der Waals surface area contributed by atoms with Crippen molar-refractivity contribution in [3.05, 3.63) is 94.5 Å². The second-order valence-electron chi connectivity index (χ2n) is 9.24. The Balaban J connectivity index is 1.32. The molecule has 0 saturated carbocycles. The van der Waals surface area contributed by atoms with Gasteiger partial charge in [0.05, 0.1) is 22.6 Å². The van der Waals surface area contributed by atoms with Crippen molar-refractivity contribution in [3.8, 4) is 0 Å². The van der Waals surface area contributed by atoms with Crippen molar-refractivity contribution in [2.45, 2.75) is 38.1 Å². The van der Waals surface area contributed by atoms with Gasteiger partial charge in [0.1, 0.15) is 12.2 Å². The topological polar surface area (TPSA) is 72.7 Å². The highest BCUT2D eigenvalue weighted by molar-refractivity contribution is 7.13. The molecule has 2 aromatic carbocycles. The third-order valence-corrected chi connectivity index (χ3v) is 7.84. The van der Waals surface area contributed by atoms with Crippen LogP contribution in [0.3, 0.4) is 0 Å². The van der Waals surface area contributed by atoms with Crippen LogP contribution in [0.15, 0.2) is 66.3 Å². The van der Waals surface area contributed by atoms with Crippen molar-refractivity contribution in [2.75, 3.05) is 5.32 Å². The van der Waals surface area contributed by atoms with Crippen LogP contribution in [-0.2, 0) is 16.6 Å². The monoisotopic (exact) mass is 441 g/mol. The number of aromatic nitrogens is 4. The summed E-state index contributed by atoms with van der Waals surface area (Å²) in [5, 5.41) is 14.4. The molecule has 4 aromatic rings. The third-order valence-electron chi connectivity index (χ3n) is 7.04. The van der Waals surface area contributed by atoms with Gasteiger partial charge in [-0.25, -0.2) is 4.98 Å². The van der Waals surface area contributed by atoms with Crippen LogP contribution in [0, 0.1) is 5.41 Å². The Morgan fingerprint density at radius 3 is 2.78 bits per heavy atom. The first-order chi connectivity index (χ1) is 15.5. The molecule has 1 amide bonds. The van der Waals surface area contributed by atoms with Gasteiger partial charge < -0.3 is 9.88 Å². The molecule has 6 nitrogen and oxygen atoms in total. The average Bonchev–Trinajstić information content (AvgIpc) is 3.45. The first-order valence-corrected chi connectivity index (χ1v) is 11.7. The molecule has 32 heavy (non-hydrogen) atoms. The number of rotatable bonds is 4. The van der Waals surface area contributed by atoms with E-state index >= 15 is 0 Å². The highest BCUT2D eigenvalue weighted by Gasteiger charge is 2.60. The summed E-state index contributed by atoms with van der Waals surface area (Å²) in [5.41, 5.74) is 3.58. The quantitative estimate of drug-likeness (QED) is 0.503. The second-order valence-corrected chi connectivity index (χ2v) is 10.1. The van der Waals surface area contributed by atoms with Gasteiger partial charge in [-0.1, -0.05) is 54.6 Å². The lowest BCUT2D eigenvalue weighted by molar-refractivity contribution is -0.129. The number of nitrogens with one attached hydrogen (secondary N) is 1. The molecule has 7 heteroatoms. The molecule has 160 valence electrons. The Kier molecular flexibility index (Phi) is 4.14. The Morgan fingerprint density at radius 2 is 1.94 bits per heavy atom. The largest absolute Gasteiger partial charge is 0.308 e. The summed E-state index contributed by atoms with van der Waals surface area (Å²) in [6, 6.07) is 18.5. The molecule has 7 rings (SSSR count). The van der Waals surface area contributed by atoms with E-state index in [4.69, 9.17) is 0 Å². The number of hydrogen-bond acceptors (Lipinski definition) is 5. The molecule has 1 N–H and O–H groups in total. The normalized spacial score (nSPS) is 25.2. The lowest BCUT2D eigenvalue weighted by atomic mass is 9.55. The molecular formula is C25H23N5OS. The van der Waals surface area contributed by atoms with Gasteiger partial charge in [0.15, 0.2) is 5.13 Å². The molecule has 2 aromatic heterocycles. The van der Waals surface area contributed by atoms with Crippen LogP contribution in [0.1, 0.15) is 54.5 Å². The van der Waals surface area contributed by atoms with E-state index in [-0.39, 0.29) is 17.4 Å². The Bertz CT molecular complexity index is 1330. The molecule has 3 atom stereocenters. The van der Waals surface area contributed by atoms with Crippen molar-refractivity contribution in [1.29, 1.82) is 0 Å². The highest BCUT2D eigenvalue weighted by Crippen LogP contribution is 2.60. The van der Waals surface area contributed by atoms with Crippen molar-refractivity contribution >= 4 is 22.4 Å². The first kappa shape index (κ1) is 19.4.